The number of ether oxygens (including phenoxy) is 1. The highest BCUT2D eigenvalue weighted by Gasteiger charge is 2.54. The molecule has 1 aromatic heterocycles. The number of azide groups is 1. The Labute approximate surface area is 158 Å². The van der Waals surface area contributed by atoms with Gasteiger partial charge in [0.15, 0.2) is 12.0 Å². The Morgan fingerprint density at radius 1 is 1.43 bits per heavy atom. The van der Waals surface area contributed by atoms with Crippen LogP contribution in [0.2, 0.25) is 0 Å². The molecular formula is C14H20N5O8P. The molecule has 0 unspecified atom stereocenters. The second-order valence-corrected chi connectivity index (χ2v) is 7.49. The highest BCUT2D eigenvalue weighted by Crippen LogP contribution is 2.51. The standard InChI is InChI=1S/C14H20N5O8P/c1-3-25-28(24,26-4-2)8-6-14(17-18-15)11(22)10(21)12(27-14)19-7-5-9(20)16-13(19)23/h5-8,10-12,21-22H,3-4H2,1-2H3,(H,16,20,23)/b8-6+/t10-,11+,12-,14-/m1/s1. The summed E-state index contributed by atoms with van der Waals surface area (Å²) in [6.07, 6.45) is -3.07. The molecule has 3 N–H and O–H groups in total. The lowest BCUT2D eigenvalue weighted by atomic mass is 10.1. The van der Waals surface area contributed by atoms with Crippen molar-refractivity contribution in [3.8, 4) is 0 Å². The lowest BCUT2D eigenvalue weighted by molar-refractivity contribution is -0.0730. The normalized spacial score (nSPS) is 27.8. The van der Waals surface area contributed by atoms with Gasteiger partial charge >= 0.3 is 13.3 Å². The Hall–Kier alpha value is -2.24. The molecule has 1 aliphatic rings. The molecule has 2 rings (SSSR count). The summed E-state index contributed by atoms with van der Waals surface area (Å²) in [5.74, 6) is 0.947. The molecule has 1 aliphatic heterocycles. The number of nitrogens with one attached hydrogen (secondary N) is 1. The van der Waals surface area contributed by atoms with E-state index in [4.69, 9.17) is 19.3 Å². The summed E-state index contributed by atoms with van der Waals surface area (Å²) in [6, 6.07) is 1.01. The summed E-state index contributed by atoms with van der Waals surface area (Å²) >= 11 is 0. The van der Waals surface area contributed by atoms with Crippen LogP contribution in [0.25, 0.3) is 10.4 Å². The van der Waals surface area contributed by atoms with Gasteiger partial charge in [-0.2, -0.15) is 0 Å². The second-order valence-electron chi connectivity index (χ2n) is 5.59. The van der Waals surface area contributed by atoms with E-state index in [0.717, 1.165) is 28.7 Å². The first-order valence-corrected chi connectivity index (χ1v) is 9.84. The summed E-state index contributed by atoms with van der Waals surface area (Å²) < 4.78 is 29.0. The van der Waals surface area contributed by atoms with Crippen molar-refractivity contribution in [3.05, 3.63) is 55.4 Å². The smallest absolute Gasteiger partial charge is 0.353 e. The minimum absolute atomic E-state index is 0.0531. The van der Waals surface area contributed by atoms with Crippen LogP contribution < -0.4 is 11.2 Å². The third-order valence-electron chi connectivity index (χ3n) is 3.79. The van der Waals surface area contributed by atoms with Crippen molar-refractivity contribution in [3.63, 3.8) is 0 Å². The number of aromatic amines is 1. The maximum absolute atomic E-state index is 12.6. The number of nitrogens with zero attached hydrogens (tertiary/aromatic N) is 4. The molecule has 0 saturated carbocycles. The SMILES string of the molecule is CCOP(=O)(/C=C/[C@@]1(N=[N+]=[N-])O[C@@H](n2ccc(=O)[nH]c2=O)[C@H](O)[C@@H]1O)OCC. The monoisotopic (exact) mass is 417 g/mol. The van der Waals surface area contributed by atoms with Crippen LogP contribution in [0, 0.1) is 0 Å². The average Bonchev–Trinajstić information content (AvgIpc) is 2.87. The molecule has 154 valence electrons. The average molecular weight is 417 g/mol. The van der Waals surface area contributed by atoms with Crippen molar-refractivity contribution in [2.24, 2.45) is 5.11 Å². The number of H-pyrrole nitrogens is 1. The van der Waals surface area contributed by atoms with Crippen molar-refractivity contribution in [1.82, 2.24) is 9.55 Å². The van der Waals surface area contributed by atoms with E-state index in [0.29, 0.717) is 0 Å². The molecule has 4 atom stereocenters. The van der Waals surface area contributed by atoms with Crippen LogP contribution in [0.15, 0.2) is 38.9 Å². The van der Waals surface area contributed by atoms with Gasteiger partial charge < -0.3 is 24.0 Å². The Kier molecular flexibility index (Phi) is 6.96. The molecule has 1 fully saturated rings. The lowest BCUT2D eigenvalue weighted by Gasteiger charge is -2.23. The molecule has 0 spiro atoms. The van der Waals surface area contributed by atoms with Crippen LogP contribution in [-0.4, -0.2) is 50.9 Å². The van der Waals surface area contributed by atoms with Crippen LogP contribution in [-0.2, 0) is 18.3 Å². The predicted molar refractivity (Wildman–Crippen MR) is 95.3 cm³/mol. The maximum Gasteiger partial charge on any atom is 0.353 e. The second kappa shape index (κ2) is 8.84. The van der Waals surface area contributed by atoms with Crippen molar-refractivity contribution < 1.29 is 28.6 Å². The van der Waals surface area contributed by atoms with E-state index in [1.54, 1.807) is 13.8 Å². The van der Waals surface area contributed by atoms with Gasteiger partial charge in [-0.15, -0.1) is 0 Å². The van der Waals surface area contributed by atoms with E-state index in [9.17, 15) is 24.4 Å². The zero-order chi connectivity index (χ0) is 20.9. The van der Waals surface area contributed by atoms with Crippen molar-refractivity contribution in [2.75, 3.05) is 13.2 Å². The minimum atomic E-state index is -3.74. The van der Waals surface area contributed by atoms with Crippen molar-refractivity contribution in [2.45, 2.75) is 38.0 Å². The molecular weight excluding hydrogens is 397 g/mol. The number of aliphatic hydroxyl groups is 2. The summed E-state index contributed by atoms with van der Waals surface area (Å²) in [5.41, 5.74) is 5.08. The molecule has 0 bridgehead atoms. The van der Waals surface area contributed by atoms with E-state index >= 15 is 0 Å². The van der Waals surface area contributed by atoms with E-state index in [1.807, 2.05) is 4.98 Å². The quantitative estimate of drug-likeness (QED) is 0.237. The molecule has 1 saturated heterocycles. The summed E-state index contributed by atoms with van der Waals surface area (Å²) in [5, 5.41) is 24.1. The zero-order valence-electron chi connectivity index (χ0n) is 15.0. The summed E-state index contributed by atoms with van der Waals surface area (Å²) in [6.45, 7) is 3.28. The highest BCUT2D eigenvalue weighted by molar-refractivity contribution is 7.57. The largest absolute Gasteiger partial charge is 0.387 e. The predicted octanol–water partition coefficient (Wildman–Crippen LogP) is 0.574. The topological polar surface area (TPSA) is 189 Å². The van der Waals surface area contributed by atoms with Gasteiger partial charge in [0.05, 0.1) is 13.2 Å². The van der Waals surface area contributed by atoms with Gasteiger partial charge in [-0.1, -0.05) is 5.11 Å². The number of hydrogen-bond donors (Lipinski definition) is 3. The van der Waals surface area contributed by atoms with Gasteiger partial charge in [0.2, 0.25) is 0 Å². The summed E-state index contributed by atoms with van der Waals surface area (Å²) in [4.78, 5) is 27.7. The fourth-order valence-corrected chi connectivity index (χ4v) is 3.95. The van der Waals surface area contributed by atoms with E-state index < -0.39 is 43.0 Å². The van der Waals surface area contributed by atoms with Gasteiger partial charge in [0.25, 0.3) is 5.56 Å². The van der Waals surface area contributed by atoms with E-state index in [-0.39, 0.29) is 13.2 Å². The Morgan fingerprint density at radius 3 is 2.61 bits per heavy atom. The molecule has 13 nitrogen and oxygen atoms in total. The molecule has 28 heavy (non-hydrogen) atoms. The zero-order valence-corrected chi connectivity index (χ0v) is 15.9. The molecule has 0 amide bonds. The Morgan fingerprint density at radius 2 is 2.07 bits per heavy atom. The van der Waals surface area contributed by atoms with Crippen LogP contribution in [0.1, 0.15) is 20.1 Å². The van der Waals surface area contributed by atoms with Crippen LogP contribution in [0.4, 0.5) is 0 Å². The molecule has 0 radical (unpaired) electrons. The van der Waals surface area contributed by atoms with Gasteiger partial charge in [-0.25, -0.2) is 4.79 Å². The summed E-state index contributed by atoms with van der Waals surface area (Å²) in [7, 11) is -3.74. The minimum Gasteiger partial charge on any atom is -0.387 e. The molecule has 1 aromatic rings. The molecule has 0 aliphatic carbocycles. The Bertz CT molecular complexity index is 928. The van der Waals surface area contributed by atoms with Crippen LogP contribution in [0.5, 0.6) is 0 Å². The van der Waals surface area contributed by atoms with Gasteiger partial charge in [-0.3, -0.25) is 18.9 Å². The number of hydrogen-bond acceptors (Lipinski definition) is 9. The van der Waals surface area contributed by atoms with Gasteiger partial charge in [0, 0.05) is 23.0 Å². The highest BCUT2D eigenvalue weighted by atomic mass is 31.2. The number of rotatable bonds is 8. The van der Waals surface area contributed by atoms with Gasteiger partial charge in [0.1, 0.15) is 12.2 Å². The third kappa shape index (κ3) is 4.42. The van der Waals surface area contributed by atoms with E-state index in [1.165, 1.54) is 0 Å². The fraction of sp³-hybridized carbons (Fsp3) is 0.571. The number of aromatic nitrogens is 2. The third-order valence-corrected chi connectivity index (χ3v) is 5.54. The number of aliphatic hydroxyl groups excluding tert-OH is 2. The fourth-order valence-electron chi connectivity index (χ4n) is 2.59. The Balaban J connectivity index is 2.47. The molecule has 14 heteroatoms. The maximum atomic E-state index is 12.6. The first kappa shape index (κ1) is 22.1. The molecule has 2 heterocycles. The van der Waals surface area contributed by atoms with Crippen LogP contribution in [0.3, 0.4) is 0 Å². The molecule has 0 aromatic carbocycles. The van der Waals surface area contributed by atoms with Crippen molar-refractivity contribution in [1.29, 1.82) is 0 Å². The first-order valence-electron chi connectivity index (χ1n) is 8.22. The lowest BCUT2D eigenvalue weighted by Crippen LogP contribution is -2.40. The van der Waals surface area contributed by atoms with Gasteiger partial charge in [-0.05, 0) is 25.5 Å². The first-order chi connectivity index (χ1) is 13.2. The van der Waals surface area contributed by atoms with E-state index in [2.05, 4.69) is 10.0 Å². The van der Waals surface area contributed by atoms with Crippen molar-refractivity contribution >= 4 is 7.60 Å². The van der Waals surface area contributed by atoms with Crippen LogP contribution >= 0.6 is 7.60 Å².